The maximum absolute atomic E-state index is 17.3. The van der Waals surface area contributed by atoms with Gasteiger partial charge in [-0.3, -0.25) is 0 Å². The summed E-state index contributed by atoms with van der Waals surface area (Å²) >= 11 is 0. The number of benzene rings is 10. The molecule has 0 aliphatic carbocycles. The van der Waals surface area contributed by atoms with E-state index >= 15 is 30.7 Å². The highest BCUT2D eigenvalue weighted by Gasteiger charge is 2.41. The van der Waals surface area contributed by atoms with Gasteiger partial charge in [-0.05, 0) is 111 Å². The summed E-state index contributed by atoms with van der Waals surface area (Å²) in [6.45, 7) is 0. The second-order valence-electron chi connectivity index (χ2n) is 18.6. The zero-order chi connectivity index (χ0) is 55.0. The van der Waals surface area contributed by atoms with Crippen molar-refractivity contribution in [2.45, 2.75) is 6.18 Å². The number of nitrogens with zero attached hydrogens (tertiary/aromatic N) is 6. The molecule has 0 amide bonds. The number of aromatic nitrogens is 2. The van der Waals surface area contributed by atoms with Gasteiger partial charge in [-0.25, -0.2) is 22.0 Å². The van der Waals surface area contributed by atoms with Crippen LogP contribution in [0.25, 0.3) is 111 Å². The van der Waals surface area contributed by atoms with Crippen molar-refractivity contribution in [3.63, 3.8) is 0 Å². The van der Waals surface area contributed by atoms with Crippen molar-refractivity contribution in [3.05, 3.63) is 239 Å². The molecule has 79 heavy (non-hydrogen) atoms. The van der Waals surface area contributed by atoms with E-state index in [-0.39, 0.29) is 44.3 Å². The monoisotopic (exact) mass is 1050 g/mol. The molecule has 0 saturated heterocycles. The minimum absolute atomic E-state index is 0.0741. The topological polar surface area (TPSA) is 105 Å². The minimum Gasteiger partial charge on any atom is -0.308 e. The molecular weight excluding hydrogens is 1020 g/mol. The summed E-state index contributed by atoms with van der Waals surface area (Å²) in [5, 5.41) is 42.3. The molecule has 14 heteroatoms. The summed E-state index contributed by atoms with van der Waals surface area (Å²) in [5.41, 5.74) is -1.04. The van der Waals surface area contributed by atoms with Crippen molar-refractivity contribution in [3.8, 4) is 91.3 Å². The minimum atomic E-state index is -5.42. The average Bonchev–Trinajstić information content (AvgIpc) is 4.07. The molecule has 0 unspecified atom stereocenters. The van der Waals surface area contributed by atoms with Crippen molar-refractivity contribution in [2.75, 3.05) is 0 Å². The van der Waals surface area contributed by atoms with Crippen LogP contribution in [0.3, 0.4) is 0 Å². The Morgan fingerprint density at radius 3 is 0.848 bits per heavy atom. The molecule has 6 nitrogen and oxygen atoms in total. The molecule has 0 radical (unpaired) electrons. The number of nitriles is 4. The number of rotatable bonds is 7. The Labute approximate surface area is 443 Å². The molecule has 0 bridgehead atoms. The predicted octanol–water partition coefficient (Wildman–Crippen LogP) is 17.4. The molecule has 0 saturated carbocycles. The molecular formula is C65H30F8N6. The van der Waals surface area contributed by atoms with Crippen LogP contribution in [0.2, 0.25) is 0 Å². The SMILES string of the molecule is N#Cc1ccccc1-c1ccc2c3ccc(-c4ccccc4C#N)cc3n(-c3cc(-c4c(F)c(F)c(F)c(F)c4F)cc(-n4c5cc(-c6ccccc6C#N)ccc5c5ccc(-c6ccccc6C#N)cc54)c3C(F)(F)F)c2c1. The lowest BCUT2D eigenvalue weighted by molar-refractivity contribution is -0.137. The van der Waals surface area contributed by atoms with Gasteiger partial charge < -0.3 is 9.13 Å². The van der Waals surface area contributed by atoms with Crippen LogP contribution in [0.5, 0.6) is 0 Å². The van der Waals surface area contributed by atoms with E-state index < -0.39 is 63.3 Å². The lowest BCUT2D eigenvalue weighted by Gasteiger charge is -2.24. The van der Waals surface area contributed by atoms with Gasteiger partial charge in [0.1, 0.15) is 5.56 Å². The third-order valence-electron chi connectivity index (χ3n) is 14.3. The zero-order valence-electron chi connectivity index (χ0n) is 40.5. The van der Waals surface area contributed by atoms with Gasteiger partial charge in [0.15, 0.2) is 23.3 Å². The molecule has 0 aliphatic rings. The summed E-state index contributed by atoms with van der Waals surface area (Å²) in [5.74, 6) is -11.8. The molecule has 10 aromatic carbocycles. The van der Waals surface area contributed by atoms with E-state index in [0.29, 0.717) is 66.1 Å². The number of halogens is 8. The third kappa shape index (κ3) is 7.81. The van der Waals surface area contributed by atoms with E-state index in [0.717, 1.165) is 12.1 Å². The Bertz CT molecular complexity index is 4270. The van der Waals surface area contributed by atoms with Gasteiger partial charge in [-0.15, -0.1) is 0 Å². The van der Waals surface area contributed by atoms with Crippen molar-refractivity contribution < 1.29 is 35.1 Å². The van der Waals surface area contributed by atoms with Gasteiger partial charge in [0.2, 0.25) is 5.82 Å². The Balaban J connectivity index is 1.31. The van der Waals surface area contributed by atoms with Gasteiger partial charge in [0.05, 0.1) is 85.5 Å². The molecule has 12 aromatic rings. The standard InChI is InChI=1S/C65H30F8N6/c66-60-58(61(67)63(69)64(70)62(60)68)43-29-56(78-52-25-35(44-13-5-1-9-39(44)31-74)17-21-48(52)49-22-18-36(26-53(49)78)45-14-6-2-10-40(45)32-75)59(65(71,72)73)57(30-43)79-54-27-37(46-15-7-3-11-41(46)33-76)19-23-50(54)51-24-20-38(28-55(51)79)47-16-8-4-12-42(47)34-77/h1-30H. The molecule has 2 heterocycles. The van der Waals surface area contributed by atoms with E-state index in [4.69, 9.17) is 0 Å². The summed E-state index contributed by atoms with van der Waals surface area (Å²) in [6, 6.07) is 55.8. The van der Waals surface area contributed by atoms with Crippen LogP contribution in [-0.2, 0) is 6.18 Å². The van der Waals surface area contributed by atoms with Crippen LogP contribution in [0.1, 0.15) is 27.8 Å². The van der Waals surface area contributed by atoms with Crippen LogP contribution < -0.4 is 0 Å². The van der Waals surface area contributed by atoms with Crippen LogP contribution in [0.15, 0.2) is 182 Å². The van der Waals surface area contributed by atoms with Crippen LogP contribution in [0.4, 0.5) is 35.1 Å². The fourth-order valence-corrected chi connectivity index (χ4v) is 10.8. The van der Waals surface area contributed by atoms with E-state index in [9.17, 15) is 25.4 Å². The van der Waals surface area contributed by atoms with E-state index in [1.807, 2.05) is 0 Å². The summed E-state index contributed by atoms with van der Waals surface area (Å²) in [4.78, 5) is 0. The number of fused-ring (bicyclic) bond motifs is 6. The third-order valence-corrected chi connectivity index (χ3v) is 14.3. The highest BCUT2D eigenvalue weighted by molar-refractivity contribution is 6.13. The first-order valence-corrected chi connectivity index (χ1v) is 24.2. The van der Waals surface area contributed by atoms with Crippen molar-refractivity contribution in [2.24, 2.45) is 0 Å². The fourth-order valence-electron chi connectivity index (χ4n) is 10.8. The van der Waals surface area contributed by atoms with Gasteiger partial charge in [0.25, 0.3) is 0 Å². The Kier molecular flexibility index (Phi) is 11.7. The fraction of sp³-hybridized carbons (Fsp3) is 0.0154. The molecule has 376 valence electrons. The Hall–Kier alpha value is -10.8. The van der Waals surface area contributed by atoms with Crippen LogP contribution >= 0.6 is 0 Å². The van der Waals surface area contributed by atoms with Crippen molar-refractivity contribution in [1.29, 1.82) is 21.0 Å². The Morgan fingerprint density at radius 2 is 0.582 bits per heavy atom. The second kappa shape index (κ2) is 18.8. The lowest BCUT2D eigenvalue weighted by atomic mass is 9.97. The van der Waals surface area contributed by atoms with Gasteiger partial charge >= 0.3 is 6.18 Å². The van der Waals surface area contributed by atoms with E-state index in [2.05, 4.69) is 24.3 Å². The van der Waals surface area contributed by atoms with Crippen molar-refractivity contribution in [1.82, 2.24) is 9.13 Å². The first-order chi connectivity index (χ1) is 38.2. The first kappa shape index (κ1) is 49.1. The number of hydrogen-bond acceptors (Lipinski definition) is 4. The largest absolute Gasteiger partial charge is 0.420 e. The van der Waals surface area contributed by atoms with Gasteiger partial charge in [-0.2, -0.15) is 34.2 Å². The lowest BCUT2D eigenvalue weighted by Crippen LogP contribution is -2.16. The second-order valence-corrected chi connectivity index (χ2v) is 18.6. The summed E-state index contributed by atoms with van der Waals surface area (Å²) in [7, 11) is 0. The Morgan fingerprint density at radius 1 is 0.316 bits per heavy atom. The molecule has 0 atom stereocenters. The molecule has 0 N–H and O–H groups in total. The summed E-state index contributed by atoms with van der Waals surface area (Å²) in [6.07, 6.45) is -5.42. The number of alkyl halides is 3. The normalized spacial score (nSPS) is 11.5. The molecule has 12 rings (SSSR count). The molecule has 0 spiro atoms. The highest BCUT2D eigenvalue weighted by Crippen LogP contribution is 2.49. The smallest absolute Gasteiger partial charge is 0.308 e. The average molecular weight is 1050 g/mol. The van der Waals surface area contributed by atoms with Crippen LogP contribution in [0, 0.1) is 74.4 Å². The summed E-state index contributed by atoms with van der Waals surface area (Å²) < 4.78 is 133. The van der Waals surface area contributed by atoms with E-state index in [1.54, 1.807) is 170 Å². The molecule has 0 aliphatic heterocycles. The maximum Gasteiger partial charge on any atom is 0.420 e. The maximum atomic E-state index is 17.3. The zero-order valence-corrected chi connectivity index (χ0v) is 40.5. The first-order valence-electron chi connectivity index (χ1n) is 24.2. The van der Waals surface area contributed by atoms with Crippen LogP contribution in [-0.4, -0.2) is 9.13 Å². The van der Waals surface area contributed by atoms with Gasteiger partial charge in [-0.1, -0.05) is 121 Å². The van der Waals surface area contributed by atoms with Crippen molar-refractivity contribution >= 4 is 43.6 Å². The quantitative estimate of drug-likeness (QED) is 0.0900. The molecule has 2 aromatic heterocycles. The van der Waals surface area contributed by atoms with Gasteiger partial charge in [0, 0.05) is 21.5 Å². The molecule has 0 fully saturated rings. The number of hydrogen-bond donors (Lipinski definition) is 0. The highest BCUT2D eigenvalue weighted by atomic mass is 19.4. The van der Waals surface area contributed by atoms with E-state index in [1.165, 1.54) is 9.13 Å². The predicted molar refractivity (Wildman–Crippen MR) is 286 cm³/mol.